The molecule has 3 aromatic heterocycles. The Labute approximate surface area is 108 Å². The maximum Gasteiger partial charge on any atom is 0.339 e. The van der Waals surface area contributed by atoms with E-state index in [-0.39, 0.29) is 0 Å². The van der Waals surface area contributed by atoms with Crippen LogP contribution >= 0.6 is 0 Å². The second-order valence-corrected chi connectivity index (χ2v) is 4.11. The van der Waals surface area contributed by atoms with Gasteiger partial charge in [0, 0.05) is 6.20 Å². The fraction of sp³-hybridized carbons (Fsp3) is 0.154. The van der Waals surface area contributed by atoms with Gasteiger partial charge in [0.25, 0.3) is 0 Å². The Morgan fingerprint density at radius 2 is 2.21 bits per heavy atom. The van der Waals surface area contributed by atoms with Crippen molar-refractivity contribution in [2.75, 3.05) is 7.11 Å². The number of rotatable bonds is 2. The lowest BCUT2D eigenvalue weighted by Crippen LogP contribution is -2.03. The van der Waals surface area contributed by atoms with Crippen molar-refractivity contribution in [1.29, 1.82) is 0 Å². The Hall–Kier alpha value is -2.63. The first-order chi connectivity index (χ1) is 9.19. The fourth-order valence-corrected chi connectivity index (χ4v) is 1.89. The molecule has 0 saturated heterocycles. The van der Waals surface area contributed by atoms with Crippen LogP contribution in [-0.4, -0.2) is 27.7 Å². The number of hydrogen-bond donors (Lipinski definition) is 0. The zero-order valence-corrected chi connectivity index (χ0v) is 10.5. The highest BCUT2D eigenvalue weighted by atomic mass is 16.5. The maximum absolute atomic E-state index is 11.5. The number of carbonyl (C=O) groups excluding carboxylic acids is 1. The first kappa shape index (κ1) is 11.5. The van der Waals surface area contributed by atoms with Crippen LogP contribution in [0.5, 0.6) is 0 Å². The lowest BCUT2D eigenvalue weighted by molar-refractivity contribution is 0.0600. The van der Waals surface area contributed by atoms with E-state index >= 15 is 0 Å². The molecule has 19 heavy (non-hydrogen) atoms. The van der Waals surface area contributed by atoms with Crippen LogP contribution in [0.3, 0.4) is 0 Å². The highest BCUT2D eigenvalue weighted by Gasteiger charge is 2.13. The summed E-state index contributed by atoms with van der Waals surface area (Å²) in [6.45, 7) is 1.85. The number of carbonyl (C=O) groups is 1. The largest absolute Gasteiger partial charge is 0.469 e. The van der Waals surface area contributed by atoms with E-state index in [0.29, 0.717) is 17.0 Å². The molecule has 3 rings (SSSR count). The van der Waals surface area contributed by atoms with Crippen molar-refractivity contribution >= 4 is 11.6 Å². The minimum atomic E-state index is -0.398. The Balaban J connectivity index is 2.18. The quantitative estimate of drug-likeness (QED) is 0.657. The van der Waals surface area contributed by atoms with Gasteiger partial charge in [-0.15, -0.1) is 10.2 Å². The molecule has 0 N–H and O–H groups in total. The number of fused-ring (bicyclic) bond motifs is 1. The molecule has 0 amide bonds. The third kappa shape index (κ3) is 1.87. The molecular formula is C13H11N3O3. The number of aromatic nitrogens is 3. The van der Waals surface area contributed by atoms with Crippen LogP contribution in [0, 0.1) is 6.92 Å². The molecule has 0 aliphatic rings. The van der Waals surface area contributed by atoms with E-state index in [0.717, 1.165) is 11.3 Å². The van der Waals surface area contributed by atoms with Gasteiger partial charge in [0.2, 0.25) is 0 Å². The van der Waals surface area contributed by atoms with Crippen LogP contribution in [0.2, 0.25) is 0 Å². The number of aryl methyl sites for hydroxylation is 1. The van der Waals surface area contributed by atoms with Crippen LogP contribution in [0.4, 0.5) is 0 Å². The third-order valence-electron chi connectivity index (χ3n) is 2.81. The monoisotopic (exact) mass is 257 g/mol. The highest BCUT2D eigenvalue weighted by molar-refractivity contribution is 5.89. The van der Waals surface area contributed by atoms with Crippen molar-refractivity contribution in [1.82, 2.24) is 14.6 Å². The second-order valence-electron chi connectivity index (χ2n) is 4.11. The molecular weight excluding hydrogens is 246 g/mol. The summed E-state index contributed by atoms with van der Waals surface area (Å²) in [6, 6.07) is 5.23. The average molecular weight is 257 g/mol. The number of hydrogen-bond acceptors (Lipinski definition) is 5. The number of esters is 1. The SMILES string of the molecule is COC(=O)c1ccc2nnc(-c3coc(C)c3)n2c1. The standard InChI is InChI=1S/C13H11N3O3/c1-8-5-10(7-19-8)12-15-14-11-4-3-9(6-16(11)12)13(17)18-2/h3-7H,1-2H3. The fourth-order valence-electron chi connectivity index (χ4n) is 1.89. The van der Waals surface area contributed by atoms with Crippen molar-refractivity contribution in [3.05, 3.63) is 42.0 Å². The van der Waals surface area contributed by atoms with Gasteiger partial charge in [-0.2, -0.15) is 0 Å². The van der Waals surface area contributed by atoms with E-state index in [4.69, 9.17) is 9.15 Å². The number of furan rings is 1. The van der Waals surface area contributed by atoms with Crippen molar-refractivity contribution in [2.45, 2.75) is 6.92 Å². The first-order valence-electron chi connectivity index (χ1n) is 5.67. The molecule has 0 aliphatic carbocycles. The smallest absolute Gasteiger partial charge is 0.339 e. The predicted molar refractivity (Wildman–Crippen MR) is 66.8 cm³/mol. The molecule has 0 radical (unpaired) electrons. The van der Waals surface area contributed by atoms with Crippen molar-refractivity contribution in [2.24, 2.45) is 0 Å². The third-order valence-corrected chi connectivity index (χ3v) is 2.81. The number of nitrogens with zero attached hydrogens (tertiary/aromatic N) is 3. The summed E-state index contributed by atoms with van der Waals surface area (Å²) in [4.78, 5) is 11.5. The molecule has 0 unspecified atom stereocenters. The molecule has 0 aliphatic heterocycles. The van der Waals surface area contributed by atoms with Gasteiger partial charge in [-0.1, -0.05) is 0 Å². The molecule has 6 nitrogen and oxygen atoms in total. The van der Waals surface area contributed by atoms with E-state index < -0.39 is 5.97 Å². The molecule has 96 valence electrons. The van der Waals surface area contributed by atoms with Crippen LogP contribution in [0.1, 0.15) is 16.1 Å². The van der Waals surface area contributed by atoms with E-state index in [1.807, 2.05) is 13.0 Å². The lowest BCUT2D eigenvalue weighted by Gasteiger charge is -2.01. The van der Waals surface area contributed by atoms with E-state index in [9.17, 15) is 4.79 Å². The molecule has 0 bridgehead atoms. The minimum absolute atomic E-state index is 0.398. The Morgan fingerprint density at radius 3 is 2.89 bits per heavy atom. The van der Waals surface area contributed by atoms with Crippen molar-refractivity contribution < 1.29 is 13.9 Å². The van der Waals surface area contributed by atoms with Gasteiger partial charge < -0.3 is 9.15 Å². The lowest BCUT2D eigenvalue weighted by atomic mass is 10.2. The molecule has 0 fully saturated rings. The topological polar surface area (TPSA) is 69.6 Å². The average Bonchev–Trinajstić information content (AvgIpc) is 3.02. The Bertz CT molecular complexity index is 757. The van der Waals surface area contributed by atoms with Crippen LogP contribution in [-0.2, 0) is 4.74 Å². The van der Waals surface area contributed by atoms with Crippen LogP contribution in [0.25, 0.3) is 17.0 Å². The first-order valence-corrected chi connectivity index (χ1v) is 5.67. The van der Waals surface area contributed by atoms with Gasteiger partial charge in [-0.05, 0) is 25.1 Å². The molecule has 3 aromatic rings. The molecule has 0 saturated carbocycles. The summed E-state index contributed by atoms with van der Waals surface area (Å²) < 4.78 is 11.7. The van der Waals surface area contributed by atoms with Gasteiger partial charge in [0.1, 0.15) is 12.0 Å². The summed E-state index contributed by atoms with van der Waals surface area (Å²) in [5.41, 5.74) is 1.91. The maximum atomic E-state index is 11.5. The van der Waals surface area contributed by atoms with E-state index in [1.165, 1.54) is 7.11 Å². The van der Waals surface area contributed by atoms with Gasteiger partial charge in [0.05, 0.1) is 18.2 Å². The summed E-state index contributed by atoms with van der Waals surface area (Å²) >= 11 is 0. The van der Waals surface area contributed by atoms with Crippen LogP contribution < -0.4 is 0 Å². The zero-order valence-electron chi connectivity index (χ0n) is 10.5. The van der Waals surface area contributed by atoms with E-state index in [2.05, 4.69) is 10.2 Å². The normalized spacial score (nSPS) is 10.8. The van der Waals surface area contributed by atoms with Gasteiger partial charge in [-0.3, -0.25) is 4.40 Å². The van der Waals surface area contributed by atoms with Crippen LogP contribution in [0.15, 0.2) is 35.1 Å². The highest BCUT2D eigenvalue weighted by Crippen LogP contribution is 2.21. The number of pyridine rings is 1. The molecule has 0 spiro atoms. The van der Waals surface area contributed by atoms with E-state index in [1.54, 1.807) is 29.0 Å². The summed E-state index contributed by atoms with van der Waals surface area (Å²) in [7, 11) is 1.35. The molecule has 3 heterocycles. The van der Waals surface area contributed by atoms with Gasteiger partial charge >= 0.3 is 5.97 Å². The summed E-state index contributed by atoms with van der Waals surface area (Å²) in [5.74, 6) is 1.01. The number of ether oxygens (including phenoxy) is 1. The Kier molecular flexibility index (Phi) is 2.56. The summed E-state index contributed by atoms with van der Waals surface area (Å²) in [6.07, 6.45) is 3.26. The molecule has 0 aromatic carbocycles. The Morgan fingerprint density at radius 1 is 1.37 bits per heavy atom. The number of methoxy groups -OCH3 is 1. The zero-order chi connectivity index (χ0) is 13.4. The predicted octanol–water partition coefficient (Wildman–Crippen LogP) is 2.08. The summed E-state index contributed by atoms with van der Waals surface area (Å²) in [5, 5.41) is 8.16. The van der Waals surface area contributed by atoms with Crippen molar-refractivity contribution in [3.63, 3.8) is 0 Å². The second kappa shape index (κ2) is 4.24. The molecule has 0 atom stereocenters. The van der Waals surface area contributed by atoms with Gasteiger partial charge in [-0.25, -0.2) is 4.79 Å². The van der Waals surface area contributed by atoms with Gasteiger partial charge in [0.15, 0.2) is 11.5 Å². The minimum Gasteiger partial charge on any atom is -0.469 e. The van der Waals surface area contributed by atoms with Crippen molar-refractivity contribution in [3.8, 4) is 11.4 Å². The molecule has 6 heteroatoms.